The van der Waals surface area contributed by atoms with Crippen molar-refractivity contribution in [2.75, 3.05) is 11.1 Å². The van der Waals surface area contributed by atoms with Gasteiger partial charge >= 0.3 is 6.18 Å². The summed E-state index contributed by atoms with van der Waals surface area (Å²) in [4.78, 5) is 15.8. The Hall–Kier alpha value is -2.57. The van der Waals surface area contributed by atoms with E-state index >= 15 is 0 Å². The van der Waals surface area contributed by atoms with Crippen LogP contribution in [0.2, 0.25) is 0 Å². The highest BCUT2D eigenvalue weighted by atomic mass is 19.4. The first-order valence-corrected chi connectivity index (χ1v) is 5.97. The van der Waals surface area contributed by atoms with Gasteiger partial charge in [-0.15, -0.1) is 0 Å². The number of pyridine rings is 1. The minimum atomic E-state index is -4.61. The van der Waals surface area contributed by atoms with Crippen LogP contribution in [0.25, 0.3) is 0 Å². The lowest BCUT2D eigenvalue weighted by atomic mass is 10.1. The van der Waals surface area contributed by atoms with Crippen LogP contribution < -0.4 is 11.1 Å². The fourth-order valence-electron chi connectivity index (χ4n) is 1.78. The Kier molecular flexibility index (Phi) is 3.84. The number of carbonyl (C=O) groups is 1. The zero-order valence-electron chi connectivity index (χ0n) is 11.0. The molecule has 4 nitrogen and oxygen atoms in total. The maximum absolute atomic E-state index is 12.9. The van der Waals surface area contributed by atoms with Gasteiger partial charge in [0.2, 0.25) is 0 Å². The number of nitrogens with one attached hydrogen (secondary N) is 1. The number of benzene rings is 1. The molecule has 0 saturated carbocycles. The summed E-state index contributed by atoms with van der Waals surface area (Å²) in [6.45, 7) is 1.73. The molecule has 0 unspecified atom stereocenters. The molecule has 0 aliphatic carbocycles. The normalized spacial score (nSPS) is 11.2. The minimum Gasteiger partial charge on any atom is -0.399 e. The number of anilines is 2. The van der Waals surface area contributed by atoms with E-state index in [1.807, 2.05) is 0 Å². The van der Waals surface area contributed by atoms with Crippen molar-refractivity contribution in [3.63, 3.8) is 0 Å². The molecule has 2 rings (SSSR count). The van der Waals surface area contributed by atoms with Crippen molar-refractivity contribution < 1.29 is 18.0 Å². The van der Waals surface area contributed by atoms with Crippen molar-refractivity contribution in [1.82, 2.24) is 4.98 Å². The molecular weight excluding hydrogens is 283 g/mol. The monoisotopic (exact) mass is 295 g/mol. The summed E-state index contributed by atoms with van der Waals surface area (Å²) in [5, 5.41) is 2.23. The maximum Gasteiger partial charge on any atom is 0.418 e. The molecular formula is C14H12F3N3O. The maximum atomic E-state index is 12.9. The van der Waals surface area contributed by atoms with Gasteiger partial charge in [0.1, 0.15) is 0 Å². The first kappa shape index (κ1) is 14.8. The highest BCUT2D eigenvalue weighted by Crippen LogP contribution is 2.36. The summed E-state index contributed by atoms with van der Waals surface area (Å²) in [7, 11) is 0. The van der Waals surface area contributed by atoms with Gasteiger partial charge in [-0.1, -0.05) is 0 Å². The van der Waals surface area contributed by atoms with Crippen LogP contribution in [0.3, 0.4) is 0 Å². The van der Waals surface area contributed by atoms with Crippen molar-refractivity contribution in [2.45, 2.75) is 13.1 Å². The molecule has 1 amide bonds. The van der Waals surface area contributed by atoms with Crippen LogP contribution in [0, 0.1) is 6.92 Å². The number of aromatic nitrogens is 1. The number of hydrogen-bond acceptors (Lipinski definition) is 3. The van der Waals surface area contributed by atoms with Crippen LogP contribution in [0.1, 0.15) is 21.5 Å². The second-order valence-corrected chi connectivity index (χ2v) is 4.51. The van der Waals surface area contributed by atoms with Gasteiger partial charge in [0.25, 0.3) is 5.91 Å². The van der Waals surface area contributed by atoms with Gasteiger partial charge in [-0.3, -0.25) is 9.78 Å². The van der Waals surface area contributed by atoms with Crippen LogP contribution >= 0.6 is 0 Å². The summed E-state index contributed by atoms with van der Waals surface area (Å²) in [6, 6.07) is 4.73. The first-order valence-electron chi connectivity index (χ1n) is 5.97. The number of halogens is 3. The van der Waals surface area contributed by atoms with E-state index in [2.05, 4.69) is 10.3 Å². The number of nitrogens with zero attached hydrogens (tertiary/aromatic N) is 1. The topological polar surface area (TPSA) is 68.0 Å². The molecule has 21 heavy (non-hydrogen) atoms. The highest BCUT2D eigenvalue weighted by molar-refractivity contribution is 6.04. The predicted octanol–water partition coefficient (Wildman–Crippen LogP) is 3.24. The fraction of sp³-hybridized carbons (Fsp3) is 0.143. The van der Waals surface area contributed by atoms with E-state index in [0.29, 0.717) is 0 Å². The van der Waals surface area contributed by atoms with Crippen molar-refractivity contribution in [3.05, 3.63) is 53.3 Å². The van der Waals surface area contributed by atoms with Crippen molar-refractivity contribution in [1.29, 1.82) is 0 Å². The van der Waals surface area contributed by atoms with Gasteiger partial charge in [0.05, 0.1) is 16.8 Å². The molecule has 0 aliphatic rings. The molecule has 1 aromatic heterocycles. The first-order chi connectivity index (χ1) is 9.77. The smallest absolute Gasteiger partial charge is 0.399 e. The lowest BCUT2D eigenvalue weighted by molar-refractivity contribution is -0.136. The Morgan fingerprint density at radius 1 is 1.24 bits per heavy atom. The quantitative estimate of drug-likeness (QED) is 0.836. The predicted molar refractivity (Wildman–Crippen MR) is 72.8 cm³/mol. The lowest BCUT2D eigenvalue weighted by Crippen LogP contribution is -2.17. The van der Waals surface area contributed by atoms with Gasteiger partial charge in [0, 0.05) is 18.1 Å². The van der Waals surface area contributed by atoms with Crippen LogP contribution in [-0.2, 0) is 6.18 Å². The molecule has 1 heterocycles. The molecule has 3 N–H and O–H groups in total. The Bertz CT molecular complexity index is 683. The van der Waals surface area contributed by atoms with Crippen molar-refractivity contribution in [3.8, 4) is 0 Å². The zero-order chi connectivity index (χ0) is 15.6. The molecule has 7 heteroatoms. The number of alkyl halides is 3. The number of carbonyl (C=O) groups excluding carboxylic acids is 1. The summed E-state index contributed by atoms with van der Waals surface area (Å²) in [5.41, 5.74) is 4.91. The second kappa shape index (κ2) is 5.43. The molecule has 0 atom stereocenters. The second-order valence-electron chi connectivity index (χ2n) is 4.51. The van der Waals surface area contributed by atoms with Gasteiger partial charge in [-0.25, -0.2) is 0 Å². The summed E-state index contributed by atoms with van der Waals surface area (Å²) >= 11 is 0. The van der Waals surface area contributed by atoms with E-state index in [1.165, 1.54) is 18.3 Å². The van der Waals surface area contributed by atoms with Gasteiger partial charge in [0.15, 0.2) is 0 Å². The number of rotatable bonds is 2. The number of hydrogen-bond donors (Lipinski definition) is 2. The van der Waals surface area contributed by atoms with Gasteiger partial charge in [-0.05, 0) is 36.8 Å². The summed E-state index contributed by atoms with van der Waals surface area (Å²) in [6.07, 6.45) is -1.78. The molecule has 0 bridgehead atoms. The lowest BCUT2D eigenvalue weighted by Gasteiger charge is -2.14. The molecule has 0 radical (unpaired) electrons. The van der Waals surface area contributed by atoms with Gasteiger partial charge in [-0.2, -0.15) is 13.2 Å². The SMILES string of the molecule is Cc1cncc(C(=O)Nc2ccc(N)cc2C(F)(F)F)c1. The number of nitrogen functional groups attached to an aromatic ring is 1. The van der Waals surface area contributed by atoms with E-state index in [0.717, 1.165) is 17.7 Å². The Labute approximate surface area is 118 Å². The van der Waals surface area contributed by atoms with E-state index < -0.39 is 17.6 Å². The van der Waals surface area contributed by atoms with Gasteiger partial charge < -0.3 is 11.1 Å². The molecule has 0 aliphatic heterocycles. The number of nitrogens with two attached hydrogens (primary N) is 1. The van der Waals surface area contributed by atoms with Crippen molar-refractivity contribution >= 4 is 17.3 Å². The average molecular weight is 295 g/mol. The van der Waals surface area contributed by atoms with Crippen LogP contribution in [0.5, 0.6) is 0 Å². The molecule has 1 aromatic carbocycles. The molecule has 0 saturated heterocycles. The molecule has 2 aromatic rings. The Balaban J connectivity index is 2.34. The number of amides is 1. The van der Waals surface area contributed by atoms with Crippen LogP contribution in [0.4, 0.5) is 24.5 Å². The molecule has 110 valence electrons. The fourth-order valence-corrected chi connectivity index (χ4v) is 1.78. The Morgan fingerprint density at radius 3 is 2.57 bits per heavy atom. The van der Waals surface area contributed by atoms with Crippen molar-refractivity contribution in [2.24, 2.45) is 0 Å². The van der Waals surface area contributed by atoms with E-state index in [-0.39, 0.29) is 16.9 Å². The minimum absolute atomic E-state index is 0.0300. The highest BCUT2D eigenvalue weighted by Gasteiger charge is 2.34. The van der Waals surface area contributed by atoms with E-state index in [9.17, 15) is 18.0 Å². The largest absolute Gasteiger partial charge is 0.418 e. The van der Waals surface area contributed by atoms with E-state index in [1.54, 1.807) is 13.1 Å². The summed E-state index contributed by atoms with van der Waals surface area (Å²) < 4.78 is 38.8. The molecule has 0 spiro atoms. The van der Waals surface area contributed by atoms with E-state index in [4.69, 9.17) is 5.73 Å². The van der Waals surface area contributed by atoms with Crippen LogP contribution in [-0.4, -0.2) is 10.9 Å². The van der Waals surface area contributed by atoms with Crippen LogP contribution in [0.15, 0.2) is 36.7 Å². The summed E-state index contributed by atoms with van der Waals surface area (Å²) in [5.74, 6) is -0.665. The standard InChI is InChI=1S/C14H12F3N3O/c1-8-4-9(7-19-6-8)13(21)20-12-3-2-10(18)5-11(12)14(15,16)17/h2-7H,18H2,1H3,(H,20,21). The third-order valence-corrected chi connectivity index (χ3v) is 2.73. The average Bonchev–Trinajstić information content (AvgIpc) is 2.39. The third kappa shape index (κ3) is 3.50. The number of aryl methyl sites for hydroxylation is 1. The Morgan fingerprint density at radius 2 is 1.95 bits per heavy atom. The third-order valence-electron chi connectivity index (χ3n) is 2.73. The zero-order valence-corrected chi connectivity index (χ0v) is 11.0. The molecule has 0 fully saturated rings.